The molecular formula is C21H17ClN4S. The Bertz CT molecular complexity index is 1020. The lowest BCUT2D eigenvalue weighted by Gasteiger charge is -2.14. The smallest absolute Gasteiger partial charge is 0.196 e. The molecular weight excluding hydrogens is 376 g/mol. The number of halogens is 1. The summed E-state index contributed by atoms with van der Waals surface area (Å²) in [5, 5.41) is 10.7. The highest BCUT2D eigenvalue weighted by molar-refractivity contribution is 7.99. The van der Waals surface area contributed by atoms with Gasteiger partial charge in [0.25, 0.3) is 0 Å². The average Bonchev–Trinajstić information content (AvgIpc) is 3.13. The molecule has 2 aromatic heterocycles. The third kappa shape index (κ3) is 3.89. The minimum Gasteiger partial charge on any atom is -0.270 e. The highest BCUT2D eigenvalue weighted by atomic mass is 35.5. The molecule has 0 aliphatic carbocycles. The normalized spacial score (nSPS) is 12.1. The summed E-state index contributed by atoms with van der Waals surface area (Å²) in [6, 6.07) is 22.0. The van der Waals surface area contributed by atoms with E-state index in [9.17, 15) is 0 Å². The van der Waals surface area contributed by atoms with Crippen molar-refractivity contribution in [1.82, 2.24) is 19.7 Å². The van der Waals surface area contributed by atoms with Crippen molar-refractivity contribution in [2.45, 2.75) is 17.3 Å². The van der Waals surface area contributed by atoms with Crippen molar-refractivity contribution < 1.29 is 0 Å². The van der Waals surface area contributed by atoms with Gasteiger partial charge in [0.15, 0.2) is 11.0 Å². The van der Waals surface area contributed by atoms with Crippen LogP contribution in [0.3, 0.4) is 0 Å². The van der Waals surface area contributed by atoms with Crippen molar-refractivity contribution >= 4 is 23.4 Å². The van der Waals surface area contributed by atoms with E-state index in [-0.39, 0.29) is 5.25 Å². The van der Waals surface area contributed by atoms with Crippen LogP contribution in [0.4, 0.5) is 0 Å². The standard InChI is InChI=1S/C21H17ClN4S/c1-15(16-5-3-2-4-6-16)27-21-25-24-20(17-11-13-23-14-12-17)26(21)19-9-7-18(22)8-10-19/h2-15H,1H3. The second-order valence-corrected chi connectivity index (χ2v) is 7.77. The fourth-order valence-corrected chi connectivity index (χ4v) is 3.93. The first-order valence-electron chi connectivity index (χ1n) is 8.56. The maximum atomic E-state index is 6.08. The van der Waals surface area contributed by atoms with Gasteiger partial charge in [-0.05, 0) is 48.9 Å². The second-order valence-electron chi connectivity index (χ2n) is 6.02. The number of nitrogens with zero attached hydrogens (tertiary/aromatic N) is 4. The van der Waals surface area contributed by atoms with Gasteiger partial charge in [0, 0.05) is 33.9 Å². The average molecular weight is 393 g/mol. The summed E-state index contributed by atoms with van der Waals surface area (Å²) in [5.74, 6) is 0.780. The van der Waals surface area contributed by atoms with Crippen LogP contribution in [-0.4, -0.2) is 19.7 Å². The Balaban J connectivity index is 1.77. The van der Waals surface area contributed by atoms with Crippen LogP contribution in [-0.2, 0) is 0 Å². The van der Waals surface area contributed by atoms with Crippen molar-refractivity contribution in [2.75, 3.05) is 0 Å². The minimum absolute atomic E-state index is 0.242. The van der Waals surface area contributed by atoms with Gasteiger partial charge < -0.3 is 0 Å². The van der Waals surface area contributed by atoms with Crippen LogP contribution >= 0.6 is 23.4 Å². The van der Waals surface area contributed by atoms with Crippen molar-refractivity contribution in [3.63, 3.8) is 0 Å². The highest BCUT2D eigenvalue weighted by Gasteiger charge is 2.19. The zero-order valence-electron chi connectivity index (χ0n) is 14.7. The number of hydrogen-bond donors (Lipinski definition) is 0. The van der Waals surface area contributed by atoms with Crippen LogP contribution in [0.15, 0.2) is 84.3 Å². The molecule has 4 aromatic rings. The Morgan fingerprint density at radius 3 is 2.30 bits per heavy atom. The summed E-state index contributed by atoms with van der Waals surface area (Å²) < 4.78 is 2.07. The Kier molecular flexibility index (Phi) is 5.23. The third-order valence-corrected chi connectivity index (χ3v) is 5.56. The Morgan fingerprint density at radius 1 is 0.889 bits per heavy atom. The summed E-state index contributed by atoms with van der Waals surface area (Å²) in [6.07, 6.45) is 3.52. The van der Waals surface area contributed by atoms with E-state index < -0.39 is 0 Å². The molecule has 0 saturated carbocycles. The summed E-state index contributed by atoms with van der Waals surface area (Å²) in [6.45, 7) is 2.17. The van der Waals surface area contributed by atoms with Gasteiger partial charge in [-0.2, -0.15) is 0 Å². The van der Waals surface area contributed by atoms with Crippen LogP contribution in [0.2, 0.25) is 5.02 Å². The first kappa shape index (κ1) is 17.8. The molecule has 6 heteroatoms. The summed E-state index contributed by atoms with van der Waals surface area (Å²) in [5.41, 5.74) is 3.18. The quantitative estimate of drug-likeness (QED) is 0.400. The summed E-state index contributed by atoms with van der Waals surface area (Å²) >= 11 is 7.76. The molecule has 0 radical (unpaired) electrons. The Labute approximate surface area is 167 Å². The number of rotatable bonds is 5. The molecule has 0 bridgehead atoms. The van der Waals surface area contributed by atoms with Gasteiger partial charge in [0.1, 0.15) is 0 Å². The van der Waals surface area contributed by atoms with E-state index in [0.717, 1.165) is 22.2 Å². The van der Waals surface area contributed by atoms with Crippen molar-refractivity contribution in [3.05, 3.63) is 89.7 Å². The van der Waals surface area contributed by atoms with E-state index in [4.69, 9.17) is 11.6 Å². The van der Waals surface area contributed by atoms with E-state index in [1.165, 1.54) is 5.56 Å². The van der Waals surface area contributed by atoms with Crippen molar-refractivity contribution in [2.24, 2.45) is 0 Å². The molecule has 0 aliphatic heterocycles. The first-order valence-corrected chi connectivity index (χ1v) is 9.81. The number of aromatic nitrogens is 4. The fourth-order valence-electron chi connectivity index (χ4n) is 2.81. The van der Waals surface area contributed by atoms with Crippen LogP contribution < -0.4 is 0 Å². The van der Waals surface area contributed by atoms with E-state index in [0.29, 0.717) is 5.02 Å². The molecule has 1 unspecified atom stereocenters. The Hall–Kier alpha value is -2.63. The maximum absolute atomic E-state index is 6.08. The molecule has 0 saturated heterocycles. The molecule has 4 rings (SSSR count). The fraction of sp³-hybridized carbons (Fsp3) is 0.0952. The lowest BCUT2D eigenvalue weighted by molar-refractivity contribution is 0.878. The van der Waals surface area contributed by atoms with Crippen LogP contribution in [0, 0.1) is 0 Å². The van der Waals surface area contributed by atoms with Crippen molar-refractivity contribution in [3.8, 4) is 17.1 Å². The zero-order valence-corrected chi connectivity index (χ0v) is 16.2. The zero-order chi connectivity index (χ0) is 18.6. The van der Waals surface area contributed by atoms with E-state index in [1.807, 2.05) is 42.5 Å². The van der Waals surface area contributed by atoms with Gasteiger partial charge in [0.05, 0.1) is 0 Å². The molecule has 0 aliphatic rings. The van der Waals surface area contributed by atoms with Crippen LogP contribution in [0.1, 0.15) is 17.7 Å². The largest absolute Gasteiger partial charge is 0.270 e. The maximum Gasteiger partial charge on any atom is 0.196 e. The van der Waals surface area contributed by atoms with Gasteiger partial charge >= 0.3 is 0 Å². The van der Waals surface area contributed by atoms with Gasteiger partial charge in [-0.3, -0.25) is 9.55 Å². The molecule has 4 nitrogen and oxygen atoms in total. The molecule has 0 fully saturated rings. The van der Waals surface area contributed by atoms with E-state index in [1.54, 1.807) is 24.2 Å². The number of pyridine rings is 1. The molecule has 2 heterocycles. The predicted molar refractivity (Wildman–Crippen MR) is 110 cm³/mol. The topological polar surface area (TPSA) is 43.6 Å². The Morgan fingerprint density at radius 2 is 1.59 bits per heavy atom. The molecule has 1 atom stereocenters. The third-order valence-electron chi connectivity index (χ3n) is 4.21. The lowest BCUT2D eigenvalue weighted by atomic mass is 10.2. The van der Waals surface area contributed by atoms with Gasteiger partial charge in [0.2, 0.25) is 0 Å². The van der Waals surface area contributed by atoms with Crippen molar-refractivity contribution in [1.29, 1.82) is 0 Å². The number of hydrogen-bond acceptors (Lipinski definition) is 4. The highest BCUT2D eigenvalue weighted by Crippen LogP contribution is 2.36. The van der Waals surface area contributed by atoms with Gasteiger partial charge in [-0.15, -0.1) is 10.2 Å². The first-order chi connectivity index (χ1) is 13.2. The number of thioether (sulfide) groups is 1. The monoisotopic (exact) mass is 392 g/mol. The van der Waals surface area contributed by atoms with E-state index in [2.05, 4.69) is 50.9 Å². The second kappa shape index (κ2) is 7.94. The molecule has 2 aromatic carbocycles. The SMILES string of the molecule is CC(Sc1nnc(-c2ccncc2)n1-c1ccc(Cl)cc1)c1ccccc1. The molecule has 134 valence electrons. The summed E-state index contributed by atoms with van der Waals surface area (Å²) in [7, 11) is 0. The molecule has 0 amide bonds. The predicted octanol–water partition coefficient (Wildman–Crippen LogP) is 5.84. The molecule has 0 N–H and O–H groups in total. The van der Waals surface area contributed by atoms with Gasteiger partial charge in [-0.1, -0.05) is 53.7 Å². The van der Waals surface area contributed by atoms with E-state index >= 15 is 0 Å². The minimum atomic E-state index is 0.242. The lowest BCUT2D eigenvalue weighted by Crippen LogP contribution is -2.00. The van der Waals surface area contributed by atoms with Crippen LogP contribution in [0.5, 0.6) is 0 Å². The molecule has 0 spiro atoms. The van der Waals surface area contributed by atoms with Gasteiger partial charge in [-0.25, -0.2) is 0 Å². The molecule has 27 heavy (non-hydrogen) atoms. The van der Waals surface area contributed by atoms with Crippen LogP contribution in [0.25, 0.3) is 17.1 Å². The number of benzene rings is 2. The summed E-state index contributed by atoms with van der Waals surface area (Å²) in [4.78, 5) is 4.10.